The summed E-state index contributed by atoms with van der Waals surface area (Å²) < 4.78 is 1.47. The summed E-state index contributed by atoms with van der Waals surface area (Å²) in [4.78, 5) is 18.6. The Morgan fingerprint density at radius 1 is 1.33 bits per heavy atom. The monoisotopic (exact) mass is 265 g/mol. The van der Waals surface area contributed by atoms with E-state index in [-0.39, 0.29) is 5.56 Å². The molecule has 0 radical (unpaired) electrons. The number of rotatable bonds is 4. The molecule has 2 rings (SSSR count). The summed E-state index contributed by atoms with van der Waals surface area (Å²) in [6.45, 7) is 6.77. The SMILES string of the molecule is CCN(CC)Cc1cc(=O)n2cc(Cl)ccc2n1. The molecule has 0 bridgehead atoms. The number of pyridine rings is 1. The molecule has 18 heavy (non-hydrogen) atoms. The summed E-state index contributed by atoms with van der Waals surface area (Å²) in [5.74, 6) is 0. The van der Waals surface area contributed by atoms with Gasteiger partial charge in [-0.1, -0.05) is 25.4 Å². The molecule has 96 valence electrons. The summed E-state index contributed by atoms with van der Waals surface area (Å²) >= 11 is 5.86. The van der Waals surface area contributed by atoms with Crippen molar-refractivity contribution < 1.29 is 0 Å². The molecular weight excluding hydrogens is 250 g/mol. The third-order valence-corrected chi connectivity index (χ3v) is 3.18. The molecule has 0 aliphatic rings. The van der Waals surface area contributed by atoms with Crippen LogP contribution in [0, 0.1) is 0 Å². The quantitative estimate of drug-likeness (QED) is 0.851. The minimum atomic E-state index is -0.0929. The molecule has 0 spiro atoms. The number of aromatic nitrogens is 2. The number of fused-ring (bicyclic) bond motifs is 1. The highest BCUT2D eigenvalue weighted by molar-refractivity contribution is 6.30. The molecule has 0 saturated carbocycles. The van der Waals surface area contributed by atoms with Gasteiger partial charge in [0.2, 0.25) is 0 Å². The summed E-state index contributed by atoms with van der Waals surface area (Å²) in [5.41, 5.74) is 1.34. The van der Waals surface area contributed by atoms with Gasteiger partial charge < -0.3 is 0 Å². The van der Waals surface area contributed by atoms with Crippen LogP contribution < -0.4 is 5.56 Å². The molecule has 5 heteroatoms. The van der Waals surface area contributed by atoms with Crippen LogP contribution in [0.15, 0.2) is 29.2 Å². The Morgan fingerprint density at radius 2 is 2.06 bits per heavy atom. The molecule has 0 saturated heterocycles. The second-order valence-electron chi connectivity index (χ2n) is 4.12. The van der Waals surface area contributed by atoms with Gasteiger partial charge in [0.05, 0.1) is 10.7 Å². The van der Waals surface area contributed by atoms with Gasteiger partial charge in [0.15, 0.2) is 0 Å². The van der Waals surface area contributed by atoms with Crippen molar-refractivity contribution in [3.8, 4) is 0 Å². The molecule has 0 aromatic carbocycles. The molecular formula is C13H16ClN3O. The van der Waals surface area contributed by atoms with Crippen molar-refractivity contribution in [2.45, 2.75) is 20.4 Å². The Bertz CT molecular complexity index is 605. The summed E-state index contributed by atoms with van der Waals surface area (Å²) in [5, 5.41) is 0.530. The van der Waals surface area contributed by atoms with Crippen molar-refractivity contribution in [3.63, 3.8) is 0 Å². The van der Waals surface area contributed by atoms with Crippen LogP contribution in [-0.4, -0.2) is 27.4 Å². The first-order valence-corrected chi connectivity index (χ1v) is 6.42. The highest BCUT2D eigenvalue weighted by Gasteiger charge is 2.06. The van der Waals surface area contributed by atoms with E-state index in [9.17, 15) is 4.79 Å². The average Bonchev–Trinajstić information content (AvgIpc) is 2.37. The molecule has 4 nitrogen and oxygen atoms in total. The number of hydrogen-bond acceptors (Lipinski definition) is 3. The topological polar surface area (TPSA) is 37.6 Å². The van der Waals surface area contributed by atoms with E-state index in [2.05, 4.69) is 23.7 Å². The highest BCUT2D eigenvalue weighted by Crippen LogP contribution is 2.09. The lowest BCUT2D eigenvalue weighted by Gasteiger charge is -2.17. The minimum Gasteiger partial charge on any atom is -0.298 e. The van der Waals surface area contributed by atoms with Gasteiger partial charge in [-0.15, -0.1) is 0 Å². The van der Waals surface area contributed by atoms with E-state index in [1.165, 1.54) is 4.40 Å². The zero-order valence-corrected chi connectivity index (χ0v) is 11.3. The molecule has 0 N–H and O–H groups in total. The lowest BCUT2D eigenvalue weighted by Crippen LogP contribution is -2.25. The van der Waals surface area contributed by atoms with Gasteiger partial charge in [0.25, 0.3) is 5.56 Å². The maximum absolute atomic E-state index is 12.0. The fourth-order valence-corrected chi connectivity index (χ4v) is 2.04. The number of nitrogens with zero attached hydrogens (tertiary/aromatic N) is 3. The minimum absolute atomic E-state index is 0.0929. The zero-order chi connectivity index (χ0) is 13.1. The average molecular weight is 266 g/mol. The summed E-state index contributed by atoms with van der Waals surface area (Å²) in [6.07, 6.45) is 1.59. The van der Waals surface area contributed by atoms with E-state index in [1.807, 2.05) is 0 Å². The van der Waals surface area contributed by atoms with Crippen LogP contribution in [0.3, 0.4) is 0 Å². The Balaban J connectivity index is 2.43. The molecule has 0 atom stereocenters. The van der Waals surface area contributed by atoms with Crippen LogP contribution in [0.2, 0.25) is 5.02 Å². The van der Waals surface area contributed by atoms with Crippen molar-refractivity contribution >= 4 is 17.2 Å². The maximum atomic E-state index is 12.0. The standard InChI is InChI=1S/C13H16ClN3O/c1-3-16(4-2)9-11-7-13(18)17-8-10(14)5-6-12(17)15-11/h5-8H,3-4,9H2,1-2H3. The van der Waals surface area contributed by atoms with E-state index >= 15 is 0 Å². The maximum Gasteiger partial charge on any atom is 0.258 e. The second-order valence-corrected chi connectivity index (χ2v) is 4.56. The Kier molecular flexibility index (Phi) is 3.99. The summed E-state index contributed by atoms with van der Waals surface area (Å²) in [7, 11) is 0. The first-order chi connectivity index (χ1) is 8.63. The molecule has 0 aliphatic carbocycles. The van der Waals surface area contributed by atoms with Crippen molar-refractivity contribution in [2.24, 2.45) is 0 Å². The molecule has 0 amide bonds. The molecule has 2 aromatic rings. The lowest BCUT2D eigenvalue weighted by atomic mass is 10.3. The molecule has 0 aliphatic heterocycles. The Morgan fingerprint density at radius 3 is 2.72 bits per heavy atom. The fourth-order valence-electron chi connectivity index (χ4n) is 1.88. The van der Waals surface area contributed by atoms with Gasteiger partial charge in [-0.2, -0.15) is 0 Å². The zero-order valence-electron chi connectivity index (χ0n) is 10.6. The number of halogens is 1. The van der Waals surface area contributed by atoms with Gasteiger partial charge in [0.1, 0.15) is 5.65 Å². The van der Waals surface area contributed by atoms with Gasteiger partial charge in [-0.25, -0.2) is 4.98 Å². The van der Waals surface area contributed by atoms with Crippen LogP contribution in [0.4, 0.5) is 0 Å². The van der Waals surface area contributed by atoms with Crippen molar-refractivity contribution in [3.05, 3.63) is 45.5 Å². The first kappa shape index (κ1) is 13.1. The third-order valence-electron chi connectivity index (χ3n) is 2.96. The second kappa shape index (κ2) is 5.50. The first-order valence-electron chi connectivity index (χ1n) is 6.04. The Hall–Kier alpha value is -1.39. The third kappa shape index (κ3) is 2.71. The van der Waals surface area contributed by atoms with Crippen LogP contribution in [0.5, 0.6) is 0 Å². The van der Waals surface area contributed by atoms with Crippen LogP contribution in [0.1, 0.15) is 19.5 Å². The van der Waals surface area contributed by atoms with Crippen LogP contribution in [0.25, 0.3) is 5.65 Å². The van der Waals surface area contributed by atoms with Crippen molar-refractivity contribution in [1.29, 1.82) is 0 Å². The van der Waals surface area contributed by atoms with E-state index in [4.69, 9.17) is 11.6 Å². The van der Waals surface area contributed by atoms with Crippen LogP contribution >= 0.6 is 11.6 Å². The van der Waals surface area contributed by atoms with Crippen LogP contribution in [-0.2, 0) is 6.54 Å². The van der Waals surface area contributed by atoms with E-state index < -0.39 is 0 Å². The highest BCUT2D eigenvalue weighted by atomic mass is 35.5. The summed E-state index contributed by atoms with van der Waals surface area (Å²) in [6, 6.07) is 5.07. The van der Waals surface area contributed by atoms with E-state index in [0.717, 1.165) is 18.8 Å². The molecule has 0 fully saturated rings. The van der Waals surface area contributed by atoms with Gasteiger partial charge in [-0.05, 0) is 25.2 Å². The van der Waals surface area contributed by atoms with E-state index in [1.54, 1.807) is 24.4 Å². The van der Waals surface area contributed by atoms with E-state index in [0.29, 0.717) is 17.2 Å². The van der Waals surface area contributed by atoms with Gasteiger partial charge >= 0.3 is 0 Å². The Labute approximate surface area is 111 Å². The van der Waals surface area contributed by atoms with Crippen molar-refractivity contribution in [1.82, 2.24) is 14.3 Å². The number of hydrogen-bond donors (Lipinski definition) is 0. The predicted molar refractivity (Wildman–Crippen MR) is 73.1 cm³/mol. The fraction of sp³-hybridized carbons (Fsp3) is 0.385. The van der Waals surface area contributed by atoms with Crippen molar-refractivity contribution in [2.75, 3.05) is 13.1 Å². The largest absolute Gasteiger partial charge is 0.298 e. The van der Waals surface area contributed by atoms with Gasteiger partial charge in [-0.3, -0.25) is 14.1 Å². The lowest BCUT2D eigenvalue weighted by molar-refractivity contribution is 0.292. The smallest absolute Gasteiger partial charge is 0.258 e. The molecule has 2 aromatic heterocycles. The predicted octanol–water partition coefficient (Wildman–Crippen LogP) is 2.19. The van der Waals surface area contributed by atoms with Gasteiger partial charge in [0, 0.05) is 18.8 Å². The normalized spacial score (nSPS) is 11.3. The molecule has 0 unspecified atom stereocenters. The molecule has 2 heterocycles.